The summed E-state index contributed by atoms with van der Waals surface area (Å²) >= 11 is 0. The molecule has 0 spiro atoms. The normalized spacial score (nSPS) is 29.3. The van der Waals surface area contributed by atoms with E-state index in [0.717, 1.165) is 27.7 Å². The van der Waals surface area contributed by atoms with Crippen LogP contribution in [0.2, 0.25) is 0 Å². The zero-order chi connectivity index (χ0) is 18.4. The number of aliphatic hydroxyl groups is 1. The molecule has 0 aromatic carbocycles. The van der Waals surface area contributed by atoms with Crippen LogP contribution in [-0.4, -0.2) is 66.3 Å². The summed E-state index contributed by atoms with van der Waals surface area (Å²) in [7, 11) is 0. The molecule has 0 aromatic rings. The van der Waals surface area contributed by atoms with Crippen LogP contribution < -0.4 is 0 Å². The molecule has 0 radical (unpaired) electrons. The van der Waals surface area contributed by atoms with Crippen molar-refractivity contribution in [3.8, 4) is 0 Å². The quantitative estimate of drug-likeness (QED) is 0.490. The first kappa shape index (κ1) is 19.8. The SMILES string of the molecule is CC(=O)OC[C@@H]1O[C@H](O)[C@@H](OC(C)=O)[C@@H](OC(C)=O)[C@H]1OC(C)=O. The Kier molecular flexibility index (Phi) is 7.11. The topological polar surface area (TPSA) is 135 Å². The molecule has 1 heterocycles. The summed E-state index contributed by atoms with van der Waals surface area (Å²) in [6.07, 6.45) is -6.79. The van der Waals surface area contributed by atoms with Gasteiger partial charge in [-0.25, -0.2) is 0 Å². The van der Waals surface area contributed by atoms with Crippen molar-refractivity contribution in [3.63, 3.8) is 0 Å². The fraction of sp³-hybridized carbons (Fsp3) is 0.714. The molecular weight excluding hydrogens is 328 g/mol. The van der Waals surface area contributed by atoms with Gasteiger partial charge < -0.3 is 28.8 Å². The van der Waals surface area contributed by atoms with E-state index in [-0.39, 0.29) is 6.61 Å². The van der Waals surface area contributed by atoms with Gasteiger partial charge in [0, 0.05) is 27.7 Å². The second kappa shape index (κ2) is 8.60. The number of rotatable bonds is 5. The number of ether oxygens (including phenoxy) is 5. The number of esters is 4. The number of carbonyl (C=O) groups excluding carboxylic acids is 4. The molecule has 24 heavy (non-hydrogen) atoms. The largest absolute Gasteiger partial charge is 0.463 e. The standard InChI is InChI=1S/C14H20O10/c1-6(15)20-5-10-11(21-7(2)16)12(22-8(3)17)13(14(19)24-10)23-9(4)18/h10-14,19H,5H2,1-4H3/t10-,11-,12-,13-,14-/m0/s1. The maximum atomic E-state index is 11.3. The molecule has 10 heteroatoms. The van der Waals surface area contributed by atoms with Gasteiger partial charge in [0.1, 0.15) is 12.7 Å². The highest BCUT2D eigenvalue weighted by molar-refractivity contribution is 5.68. The van der Waals surface area contributed by atoms with Gasteiger partial charge in [-0.15, -0.1) is 0 Å². The van der Waals surface area contributed by atoms with Gasteiger partial charge in [0.25, 0.3) is 0 Å². The van der Waals surface area contributed by atoms with Gasteiger partial charge in [-0.1, -0.05) is 0 Å². The maximum absolute atomic E-state index is 11.3. The molecule has 0 bridgehead atoms. The van der Waals surface area contributed by atoms with E-state index in [1.54, 1.807) is 0 Å². The second-order valence-electron chi connectivity index (χ2n) is 5.09. The lowest BCUT2D eigenvalue weighted by molar-refractivity contribution is -0.296. The van der Waals surface area contributed by atoms with Crippen LogP contribution in [0.4, 0.5) is 0 Å². The Morgan fingerprint density at radius 2 is 1.25 bits per heavy atom. The lowest BCUT2D eigenvalue weighted by Gasteiger charge is -2.42. The minimum atomic E-state index is -1.68. The molecule has 1 fully saturated rings. The Morgan fingerprint density at radius 3 is 1.71 bits per heavy atom. The lowest BCUT2D eigenvalue weighted by atomic mass is 9.98. The van der Waals surface area contributed by atoms with Crippen molar-refractivity contribution < 1.29 is 48.0 Å². The second-order valence-corrected chi connectivity index (χ2v) is 5.09. The van der Waals surface area contributed by atoms with Crippen molar-refractivity contribution >= 4 is 23.9 Å². The van der Waals surface area contributed by atoms with Crippen LogP contribution in [0.3, 0.4) is 0 Å². The highest BCUT2D eigenvalue weighted by Gasteiger charge is 2.51. The number of hydrogen-bond acceptors (Lipinski definition) is 10. The van der Waals surface area contributed by atoms with Gasteiger partial charge in [0.05, 0.1) is 0 Å². The monoisotopic (exact) mass is 348 g/mol. The molecule has 1 N–H and O–H groups in total. The van der Waals surface area contributed by atoms with Crippen molar-refractivity contribution in [2.75, 3.05) is 6.61 Å². The average Bonchev–Trinajstić information content (AvgIpc) is 2.42. The Hall–Kier alpha value is -2.20. The minimum Gasteiger partial charge on any atom is -0.463 e. The van der Waals surface area contributed by atoms with Crippen molar-refractivity contribution in [1.82, 2.24) is 0 Å². The third-order valence-electron chi connectivity index (χ3n) is 2.97. The first-order valence-electron chi connectivity index (χ1n) is 7.10. The first-order chi connectivity index (χ1) is 11.1. The zero-order valence-corrected chi connectivity index (χ0v) is 13.7. The predicted octanol–water partition coefficient (Wildman–Crippen LogP) is -0.938. The van der Waals surface area contributed by atoms with E-state index >= 15 is 0 Å². The molecule has 1 saturated heterocycles. The van der Waals surface area contributed by atoms with Gasteiger partial charge in [0.15, 0.2) is 24.6 Å². The molecule has 0 unspecified atom stereocenters. The smallest absolute Gasteiger partial charge is 0.303 e. The third kappa shape index (κ3) is 5.78. The fourth-order valence-corrected chi connectivity index (χ4v) is 2.21. The molecule has 0 aliphatic carbocycles. The van der Waals surface area contributed by atoms with E-state index in [2.05, 4.69) is 0 Å². The Balaban J connectivity index is 3.11. The van der Waals surface area contributed by atoms with Gasteiger partial charge in [0.2, 0.25) is 0 Å². The molecule has 5 atom stereocenters. The number of carbonyl (C=O) groups is 4. The minimum absolute atomic E-state index is 0.366. The van der Waals surface area contributed by atoms with Crippen LogP contribution in [0.15, 0.2) is 0 Å². The van der Waals surface area contributed by atoms with Crippen molar-refractivity contribution in [2.45, 2.75) is 58.4 Å². The predicted molar refractivity (Wildman–Crippen MR) is 74.2 cm³/mol. The van der Waals surface area contributed by atoms with Crippen molar-refractivity contribution in [3.05, 3.63) is 0 Å². The van der Waals surface area contributed by atoms with Gasteiger partial charge >= 0.3 is 23.9 Å². The van der Waals surface area contributed by atoms with Crippen LogP contribution in [0.25, 0.3) is 0 Å². The lowest BCUT2D eigenvalue weighted by Crippen LogP contribution is -2.62. The van der Waals surface area contributed by atoms with Gasteiger partial charge in [-0.05, 0) is 0 Å². The Morgan fingerprint density at radius 1 is 0.792 bits per heavy atom. The molecule has 0 amide bonds. The Labute approximate surface area is 137 Å². The molecule has 1 aliphatic heterocycles. The first-order valence-corrected chi connectivity index (χ1v) is 7.10. The number of aliphatic hydroxyl groups excluding tert-OH is 1. The van der Waals surface area contributed by atoms with Crippen molar-refractivity contribution in [2.24, 2.45) is 0 Å². The van der Waals surface area contributed by atoms with Crippen LogP contribution in [0.5, 0.6) is 0 Å². The van der Waals surface area contributed by atoms with E-state index in [1.165, 1.54) is 0 Å². The highest BCUT2D eigenvalue weighted by atomic mass is 16.7. The molecular formula is C14H20O10. The van der Waals surface area contributed by atoms with E-state index < -0.39 is 54.6 Å². The Bertz CT molecular complexity index is 502. The highest BCUT2D eigenvalue weighted by Crippen LogP contribution is 2.28. The van der Waals surface area contributed by atoms with E-state index in [1.807, 2.05) is 0 Å². The van der Waals surface area contributed by atoms with E-state index in [4.69, 9.17) is 23.7 Å². The third-order valence-corrected chi connectivity index (χ3v) is 2.97. The zero-order valence-electron chi connectivity index (χ0n) is 13.7. The molecule has 1 rings (SSSR count). The summed E-state index contributed by atoms with van der Waals surface area (Å²) in [6, 6.07) is 0. The molecule has 136 valence electrons. The van der Waals surface area contributed by atoms with Crippen LogP contribution in [0, 0.1) is 0 Å². The van der Waals surface area contributed by atoms with Gasteiger partial charge in [-0.3, -0.25) is 19.2 Å². The summed E-state index contributed by atoms with van der Waals surface area (Å²) in [4.78, 5) is 44.9. The van der Waals surface area contributed by atoms with E-state index in [9.17, 15) is 24.3 Å². The average molecular weight is 348 g/mol. The number of hydrogen-bond donors (Lipinski definition) is 1. The fourth-order valence-electron chi connectivity index (χ4n) is 2.21. The molecule has 0 saturated carbocycles. The molecule has 0 aromatic heterocycles. The summed E-state index contributed by atoms with van der Waals surface area (Å²) in [6.45, 7) is 4.09. The van der Waals surface area contributed by atoms with E-state index in [0.29, 0.717) is 0 Å². The summed E-state index contributed by atoms with van der Waals surface area (Å²) in [5.74, 6) is -2.87. The van der Waals surface area contributed by atoms with Crippen LogP contribution in [-0.2, 0) is 42.9 Å². The van der Waals surface area contributed by atoms with Gasteiger partial charge in [-0.2, -0.15) is 0 Å². The maximum Gasteiger partial charge on any atom is 0.303 e. The molecule has 10 nitrogen and oxygen atoms in total. The van der Waals surface area contributed by atoms with Crippen LogP contribution in [0.1, 0.15) is 27.7 Å². The van der Waals surface area contributed by atoms with Crippen molar-refractivity contribution in [1.29, 1.82) is 0 Å². The van der Waals surface area contributed by atoms with Crippen LogP contribution >= 0.6 is 0 Å². The summed E-state index contributed by atoms with van der Waals surface area (Å²) < 4.78 is 25.0. The summed E-state index contributed by atoms with van der Waals surface area (Å²) in [5, 5.41) is 10.0. The summed E-state index contributed by atoms with van der Waals surface area (Å²) in [5.41, 5.74) is 0. The molecule has 1 aliphatic rings.